The zero-order chi connectivity index (χ0) is 11.8. The molecule has 3 nitrogen and oxygen atoms in total. The van der Waals surface area contributed by atoms with Crippen LogP contribution in [0.15, 0.2) is 18.5 Å². The lowest BCUT2D eigenvalue weighted by atomic mass is 10.1. The Morgan fingerprint density at radius 3 is 3.00 bits per heavy atom. The zero-order valence-electron chi connectivity index (χ0n) is 9.50. The minimum atomic E-state index is 0.0772. The number of aromatic nitrogens is 1. The second kappa shape index (κ2) is 7.23. The van der Waals surface area contributed by atoms with Crippen LogP contribution in [0.2, 0.25) is 0 Å². The van der Waals surface area contributed by atoms with Crippen LogP contribution in [0.25, 0.3) is 0 Å². The normalized spacial score (nSPS) is 10.1. The van der Waals surface area contributed by atoms with Gasteiger partial charge < -0.3 is 5.32 Å². The number of alkyl halides is 1. The van der Waals surface area contributed by atoms with Gasteiger partial charge in [-0.05, 0) is 37.0 Å². The summed E-state index contributed by atoms with van der Waals surface area (Å²) in [6.45, 7) is 2.57. The molecule has 1 heterocycles. The van der Waals surface area contributed by atoms with Crippen LogP contribution in [-0.4, -0.2) is 16.8 Å². The van der Waals surface area contributed by atoms with E-state index in [4.69, 9.17) is 11.6 Å². The van der Waals surface area contributed by atoms with Gasteiger partial charge in [0.15, 0.2) is 0 Å². The summed E-state index contributed by atoms with van der Waals surface area (Å²) in [6.07, 6.45) is 5.82. The Morgan fingerprint density at radius 1 is 1.50 bits per heavy atom. The topological polar surface area (TPSA) is 42.0 Å². The lowest BCUT2D eigenvalue weighted by Crippen LogP contribution is -2.22. The van der Waals surface area contributed by atoms with E-state index in [0.29, 0.717) is 18.8 Å². The molecule has 0 saturated heterocycles. The van der Waals surface area contributed by atoms with Crippen molar-refractivity contribution in [3.63, 3.8) is 0 Å². The Kier molecular flexibility index (Phi) is 5.86. The maximum Gasteiger partial charge on any atom is 0.220 e. The van der Waals surface area contributed by atoms with Crippen molar-refractivity contribution in [3.05, 3.63) is 29.6 Å². The van der Waals surface area contributed by atoms with Crippen molar-refractivity contribution < 1.29 is 4.79 Å². The van der Waals surface area contributed by atoms with Crippen LogP contribution in [0.3, 0.4) is 0 Å². The van der Waals surface area contributed by atoms with Gasteiger partial charge >= 0.3 is 0 Å². The highest BCUT2D eigenvalue weighted by Gasteiger charge is 2.02. The zero-order valence-corrected chi connectivity index (χ0v) is 10.3. The van der Waals surface area contributed by atoms with Gasteiger partial charge in [0.2, 0.25) is 5.91 Å². The molecular weight excluding hydrogens is 224 g/mol. The molecule has 0 atom stereocenters. The van der Waals surface area contributed by atoms with Crippen LogP contribution in [0.4, 0.5) is 0 Å². The predicted molar refractivity (Wildman–Crippen MR) is 65.4 cm³/mol. The Hall–Kier alpha value is -1.09. The van der Waals surface area contributed by atoms with Gasteiger partial charge in [-0.25, -0.2) is 0 Å². The summed E-state index contributed by atoms with van der Waals surface area (Å²) in [6, 6.07) is 1.94. The van der Waals surface area contributed by atoms with Gasteiger partial charge in [0.1, 0.15) is 0 Å². The number of nitrogens with one attached hydrogen (secondary N) is 1. The second-order valence-electron chi connectivity index (χ2n) is 3.72. The fourth-order valence-electron chi connectivity index (χ4n) is 1.34. The van der Waals surface area contributed by atoms with Crippen LogP contribution in [-0.2, 0) is 11.3 Å². The number of unbranched alkanes of at least 4 members (excludes halogenated alkanes) is 1. The van der Waals surface area contributed by atoms with Gasteiger partial charge in [0.05, 0.1) is 0 Å². The molecule has 1 rings (SSSR count). The first kappa shape index (κ1) is 13.0. The van der Waals surface area contributed by atoms with E-state index in [1.165, 1.54) is 0 Å². The molecule has 0 aliphatic rings. The number of halogens is 1. The molecule has 1 amide bonds. The summed E-state index contributed by atoms with van der Waals surface area (Å²) in [5, 5.41) is 2.88. The van der Waals surface area contributed by atoms with E-state index in [2.05, 4.69) is 10.3 Å². The van der Waals surface area contributed by atoms with Gasteiger partial charge in [0.25, 0.3) is 0 Å². The summed E-state index contributed by atoms with van der Waals surface area (Å²) < 4.78 is 0. The van der Waals surface area contributed by atoms with Crippen LogP contribution in [0, 0.1) is 6.92 Å². The molecule has 0 radical (unpaired) electrons. The molecule has 0 fully saturated rings. The molecule has 0 unspecified atom stereocenters. The van der Waals surface area contributed by atoms with E-state index in [1.54, 1.807) is 12.4 Å². The number of aryl methyl sites for hydroxylation is 1. The first-order valence-corrected chi connectivity index (χ1v) is 5.99. The third-order valence-electron chi connectivity index (χ3n) is 2.41. The lowest BCUT2D eigenvalue weighted by Gasteiger charge is -2.06. The Morgan fingerprint density at radius 2 is 2.31 bits per heavy atom. The fraction of sp³-hybridized carbons (Fsp3) is 0.500. The SMILES string of the molecule is Cc1ccncc1CNC(=O)CCCCCl. The maximum absolute atomic E-state index is 11.4. The van der Waals surface area contributed by atoms with E-state index in [1.807, 2.05) is 13.0 Å². The van der Waals surface area contributed by atoms with Gasteiger partial charge in [0, 0.05) is 31.2 Å². The molecule has 1 aromatic rings. The highest BCUT2D eigenvalue weighted by atomic mass is 35.5. The monoisotopic (exact) mass is 240 g/mol. The Balaban J connectivity index is 2.29. The minimum absolute atomic E-state index is 0.0772. The van der Waals surface area contributed by atoms with E-state index in [-0.39, 0.29) is 5.91 Å². The Bertz CT molecular complexity index is 342. The van der Waals surface area contributed by atoms with Gasteiger partial charge in [-0.3, -0.25) is 9.78 Å². The predicted octanol–water partition coefficient (Wildman–Crippen LogP) is 2.42. The lowest BCUT2D eigenvalue weighted by molar-refractivity contribution is -0.121. The number of amides is 1. The number of carbonyl (C=O) groups is 1. The summed E-state index contributed by atoms with van der Waals surface area (Å²) in [5.74, 6) is 0.697. The van der Waals surface area contributed by atoms with E-state index >= 15 is 0 Å². The third-order valence-corrected chi connectivity index (χ3v) is 2.68. The van der Waals surface area contributed by atoms with Gasteiger partial charge in [-0.1, -0.05) is 0 Å². The fourth-order valence-corrected chi connectivity index (χ4v) is 1.53. The molecule has 0 spiro atoms. The molecule has 0 aromatic carbocycles. The number of nitrogens with zero attached hydrogens (tertiary/aromatic N) is 1. The molecule has 1 N–H and O–H groups in total. The van der Waals surface area contributed by atoms with Gasteiger partial charge in [-0.2, -0.15) is 0 Å². The molecule has 1 aromatic heterocycles. The van der Waals surface area contributed by atoms with Crippen molar-refractivity contribution in [1.29, 1.82) is 0 Å². The molecule has 0 saturated carbocycles. The summed E-state index contributed by atoms with van der Waals surface area (Å²) in [4.78, 5) is 15.5. The van der Waals surface area contributed by atoms with Gasteiger partial charge in [-0.15, -0.1) is 11.6 Å². The quantitative estimate of drug-likeness (QED) is 0.613. The van der Waals surface area contributed by atoms with Crippen molar-refractivity contribution in [2.75, 3.05) is 5.88 Å². The van der Waals surface area contributed by atoms with Crippen molar-refractivity contribution in [1.82, 2.24) is 10.3 Å². The standard InChI is InChI=1S/C12H17ClN2O/c1-10-5-7-14-8-11(10)9-15-12(16)4-2-3-6-13/h5,7-8H,2-4,6,9H2,1H3,(H,15,16). The second-order valence-corrected chi connectivity index (χ2v) is 4.10. The molecular formula is C12H17ClN2O. The summed E-state index contributed by atoms with van der Waals surface area (Å²) in [5.41, 5.74) is 2.21. The molecule has 4 heteroatoms. The smallest absolute Gasteiger partial charge is 0.220 e. The number of pyridine rings is 1. The van der Waals surface area contributed by atoms with Crippen molar-refractivity contribution in [2.24, 2.45) is 0 Å². The van der Waals surface area contributed by atoms with Crippen molar-refractivity contribution >= 4 is 17.5 Å². The number of carbonyl (C=O) groups excluding carboxylic acids is 1. The highest BCUT2D eigenvalue weighted by Crippen LogP contribution is 2.04. The number of hydrogen-bond acceptors (Lipinski definition) is 2. The minimum Gasteiger partial charge on any atom is -0.352 e. The first-order valence-electron chi connectivity index (χ1n) is 5.46. The van der Waals surface area contributed by atoms with E-state index in [0.717, 1.165) is 24.0 Å². The van der Waals surface area contributed by atoms with Crippen molar-refractivity contribution in [3.8, 4) is 0 Å². The molecule has 0 aliphatic carbocycles. The summed E-state index contributed by atoms with van der Waals surface area (Å²) >= 11 is 5.54. The average Bonchev–Trinajstić information content (AvgIpc) is 2.28. The third kappa shape index (κ3) is 4.62. The van der Waals surface area contributed by atoms with Crippen LogP contribution in [0.1, 0.15) is 30.4 Å². The van der Waals surface area contributed by atoms with E-state index in [9.17, 15) is 4.79 Å². The number of rotatable bonds is 6. The first-order chi connectivity index (χ1) is 7.74. The molecule has 0 aliphatic heterocycles. The average molecular weight is 241 g/mol. The van der Waals surface area contributed by atoms with Crippen LogP contribution >= 0.6 is 11.6 Å². The van der Waals surface area contributed by atoms with Crippen molar-refractivity contribution in [2.45, 2.75) is 32.7 Å². The van der Waals surface area contributed by atoms with E-state index < -0.39 is 0 Å². The molecule has 88 valence electrons. The Labute approximate surface area is 101 Å². The maximum atomic E-state index is 11.4. The summed E-state index contributed by atoms with van der Waals surface area (Å²) in [7, 11) is 0. The van der Waals surface area contributed by atoms with Crippen LogP contribution < -0.4 is 5.32 Å². The highest BCUT2D eigenvalue weighted by molar-refractivity contribution is 6.17. The largest absolute Gasteiger partial charge is 0.352 e. The number of hydrogen-bond donors (Lipinski definition) is 1. The molecule has 16 heavy (non-hydrogen) atoms. The van der Waals surface area contributed by atoms with Crippen LogP contribution in [0.5, 0.6) is 0 Å². The molecule has 0 bridgehead atoms.